The highest BCUT2D eigenvalue weighted by atomic mass is 28.4. The number of hydrogen-bond donors (Lipinski definition) is 0. The zero-order valence-corrected chi connectivity index (χ0v) is 19.3. The Balaban J connectivity index is 5.18. The average molecular weight is 355 g/mol. The zero-order chi connectivity index (χ0) is 18.0. The Morgan fingerprint density at radius 3 is 1.48 bits per heavy atom. The maximum atomic E-state index is 6.48. The fourth-order valence-corrected chi connectivity index (χ4v) is 7.57. The van der Waals surface area contributed by atoms with E-state index in [4.69, 9.17) is 4.43 Å². The van der Waals surface area contributed by atoms with Crippen LogP contribution in [-0.4, -0.2) is 16.4 Å². The van der Waals surface area contributed by atoms with Crippen LogP contribution in [0.15, 0.2) is 0 Å². The summed E-state index contributed by atoms with van der Waals surface area (Å²) in [6, 6.07) is 3.90. The molecular formula is C20H42OSi2. The van der Waals surface area contributed by atoms with E-state index < -0.39 is 16.4 Å². The molecule has 0 aliphatic heterocycles. The number of hydrogen-bond acceptors (Lipinski definition) is 1. The van der Waals surface area contributed by atoms with Gasteiger partial charge in [0.2, 0.25) is 0 Å². The van der Waals surface area contributed by atoms with Gasteiger partial charge in [-0.25, -0.2) is 0 Å². The molecule has 0 bridgehead atoms. The molecule has 0 atom stereocenters. The van der Waals surface area contributed by atoms with Crippen LogP contribution in [-0.2, 0) is 4.43 Å². The third kappa shape index (κ3) is 8.45. The highest BCUT2D eigenvalue weighted by Crippen LogP contribution is 2.35. The Kier molecular flexibility index (Phi) is 10.5. The molecule has 0 aliphatic carbocycles. The molecule has 0 aromatic carbocycles. The second kappa shape index (κ2) is 10.6. The van der Waals surface area contributed by atoms with E-state index in [2.05, 4.69) is 66.3 Å². The van der Waals surface area contributed by atoms with E-state index in [0.29, 0.717) is 5.04 Å². The molecule has 136 valence electrons. The van der Waals surface area contributed by atoms with E-state index in [-0.39, 0.29) is 0 Å². The van der Waals surface area contributed by atoms with Gasteiger partial charge in [-0.05, 0) is 23.2 Å². The lowest BCUT2D eigenvalue weighted by Gasteiger charge is -2.32. The van der Waals surface area contributed by atoms with Crippen LogP contribution in [0.2, 0.25) is 36.3 Å². The first-order valence-electron chi connectivity index (χ1n) is 9.84. The fourth-order valence-electron chi connectivity index (χ4n) is 2.47. The monoisotopic (exact) mass is 354 g/mol. The molecule has 3 heteroatoms. The SMILES string of the molecule is CCCC[Si](CCCC)(CCCC)OC#C[Si](C)(C)C(C)(C)C. The fraction of sp³-hybridized carbons (Fsp3) is 0.900. The van der Waals surface area contributed by atoms with Crippen LogP contribution in [0.1, 0.15) is 80.1 Å². The highest BCUT2D eigenvalue weighted by molar-refractivity contribution is 6.87. The molecule has 0 fully saturated rings. The van der Waals surface area contributed by atoms with Crippen molar-refractivity contribution in [3.8, 4) is 11.7 Å². The van der Waals surface area contributed by atoms with E-state index in [9.17, 15) is 0 Å². The summed E-state index contributed by atoms with van der Waals surface area (Å²) in [4.78, 5) is 0. The molecule has 23 heavy (non-hydrogen) atoms. The minimum absolute atomic E-state index is 0.309. The minimum atomic E-state index is -1.67. The first-order valence-corrected chi connectivity index (χ1v) is 15.4. The largest absolute Gasteiger partial charge is 0.501 e. The van der Waals surface area contributed by atoms with E-state index in [1.165, 1.54) is 56.7 Å². The third-order valence-corrected chi connectivity index (χ3v) is 14.3. The smallest absolute Gasteiger partial charge is 0.265 e. The first-order chi connectivity index (χ1) is 10.6. The third-order valence-electron chi connectivity index (χ3n) is 5.46. The van der Waals surface area contributed by atoms with Crippen LogP contribution >= 0.6 is 0 Å². The topological polar surface area (TPSA) is 9.23 Å². The average Bonchev–Trinajstić information content (AvgIpc) is 2.47. The van der Waals surface area contributed by atoms with Gasteiger partial charge < -0.3 is 4.43 Å². The maximum absolute atomic E-state index is 6.48. The molecular weight excluding hydrogens is 312 g/mol. The second-order valence-electron chi connectivity index (χ2n) is 8.70. The van der Waals surface area contributed by atoms with Crippen LogP contribution in [0.3, 0.4) is 0 Å². The summed E-state index contributed by atoms with van der Waals surface area (Å²) in [5.41, 5.74) is 3.58. The summed E-state index contributed by atoms with van der Waals surface area (Å²) in [6.45, 7) is 18.6. The van der Waals surface area contributed by atoms with Gasteiger partial charge >= 0.3 is 0 Å². The highest BCUT2D eigenvalue weighted by Gasteiger charge is 2.36. The summed E-state index contributed by atoms with van der Waals surface area (Å²) < 4.78 is 6.48. The van der Waals surface area contributed by atoms with Crippen molar-refractivity contribution in [1.82, 2.24) is 0 Å². The molecule has 0 radical (unpaired) electrons. The van der Waals surface area contributed by atoms with Crippen molar-refractivity contribution in [3.05, 3.63) is 0 Å². The van der Waals surface area contributed by atoms with Crippen molar-refractivity contribution in [2.24, 2.45) is 0 Å². The van der Waals surface area contributed by atoms with E-state index >= 15 is 0 Å². The van der Waals surface area contributed by atoms with E-state index in [1.807, 2.05) is 0 Å². The molecule has 0 unspecified atom stereocenters. The zero-order valence-electron chi connectivity index (χ0n) is 17.3. The van der Waals surface area contributed by atoms with Gasteiger partial charge in [-0.15, -0.1) is 0 Å². The molecule has 0 aliphatic rings. The molecule has 0 amide bonds. The Morgan fingerprint density at radius 2 is 1.17 bits per heavy atom. The normalized spacial score (nSPS) is 12.7. The van der Waals surface area contributed by atoms with Crippen LogP contribution in [0.4, 0.5) is 0 Å². The van der Waals surface area contributed by atoms with Crippen molar-refractivity contribution < 1.29 is 4.43 Å². The Labute approximate surface area is 149 Å². The maximum Gasteiger partial charge on any atom is 0.265 e. The molecule has 0 heterocycles. The van der Waals surface area contributed by atoms with Gasteiger partial charge in [-0.2, -0.15) is 0 Å². The van der Waals surface area contributed by atoms with Gasteiger partial charge in [0.15, 0.2) is 0 Å². The lowest BCUT2D eigenvalue weighted by molar-refractivity contribution is 0.477. The summed E-state index contributed by atoms with van der Waals surface area (Å²) in [6.07, 6.45) is 11.0. The Bertz CT molecular complexity index is 350. The van der Waals surface area contributed by atoms with Gasteiger partial charge in [0.05, 0.1) is 6.11 Å². The molecule has 0 spiro atoms. The van der Waals surface area contributed by atoms with Crippen molar-refractivity contribution in [2.75, 3.05) is 0 Å². The van der Waals surface area contributed by atoms with Crippen molar-refractivity contribution >= 4 is 16.4 Å². The molecule has 0 aromatic rings. The number of unbranched alkanes of at least 4 members (excludes halogenated alkanes) is 3. The molecule has 0 saturated carbocycles. The van der Waals surface area contributed by atoms with Crippen molar-refractivity contribution in [1.29, 1.82) is 0 Å². The number of rotatable bonds is 10. The summed E-state index contributed by atoms with van der Waals surface area (Å²) in [7, 11) is -3.23. The van der Waals surface area contributed by atoms with Crippen LogP contribution in [0.5, 0.6) is 0 Å². The molecule has 0 N–H and O–H groups in total. The van der Waals surface area contributed by atoms with Crippen molar-refractivity contribution in [2.45, 2.75) is 116 Å². The predicted molar refractivity (Wildman–Crippen MR) is 111 cm³/mol. The van der Waals surface area contributed by atoms with Crippen LogP contribution in [0, 0.1) is 11.7 Å². The van der Waals surface area contributed by atoms with Gasteiger partial charge in [0, 0.05) is 0 Å². The Morgan fingerprint density at radius 1 is 0.783 bits per heavy atom. The summed E-state index contributed by atoms with van der Waals surface area (Å²) in [5, 5.41) is 0.309. The standard InChI is InChI=1S/C20H42OSi2/c1-9-12-16-23(17-13-10-2,18-14-11-3)21-15-19-22(7,8)20(4,5)6/h9-14,16-18H2,1-8H3. The van der Waals surface area contributed by atoms with Crippen LogP contribution in [0.25, 0.3) is 0 Å². The summed E-state index contributed by atoms with van der Waals surface area (Å²) in [5.74, 6) is 0. The molecule has 0 aromatic heterocycles. The van der Waals surface area contributed by atoms with Gasteiger partial charge in [0.1, 0.15) is 8.07 Å². The van der Waals surface area contributed by atoms with Crippen molar-refractivity contribution in [3.63, 3.8) is 0 Å². The molecule has 0 saturated heterocycles. The quantitative estimate of drug-likeness (QED) is 0.294. The molecule has 1 nitrogen and oxygen atoms in total. The first kappa shape index (κ1) is 22.8. The predicted octanol–water partition coefficient (Wildman–Crippen LogP) is 7.36. The van der Waals surface area contributed by atoms with Gasteiger partial charge in [0.25, 0.3) is 8.32 Å². The lowest BCUT2D eigenvalue weighted by Crippen LogP contribution is -2.38. The van der Waals surface area contributed by atoms with Gasteiger partial charge in [-0.3, -0.25) is 0 Å². The Hall–Kier alpha value is -0.206. The van der Waals surface area contributed by atoms with E-state index in [1.54, 1.807) is 0 Å². The van der Waals surface area contributed by atoms with E-state index in [0.717, 1.165) is 0 Å². The minimum Gasteiger partial charge on any atom is -0.501 e. The van der Waals surface area contributed by atoms with Crippen LogP contribution < -0.4 is 0 Å². The van der Waals surface area contributed by atoms with Gasteiger partial charge in [-0.1, -0.05) is 98.7 Å². The lowest BCUT2D eigenvalue weighted by atomic mass is 10.2. The second-order valence-corrected chi connectivity index (χ2v) is 17.8. The summed E-state index contributed by atoms with van der Waals surface area (Å²) >= 11 is 0. The molecule has 0 rings (SSSR count).